The van der Waals surface area contributed by atoms with Crippen molar-refractivity contribution in [3.63, 3.8) is 0 Å². The quantitative estimate of drug-likeness (QED) is 0.600. The van der Waals surface area contributed by atoms with Crippen molar-refractivity contribution < 1.29 is 0 Å². The topological polar surface area (TPSA) is 52.0 Å². The summed E-state index contributed by atoms with van der Waals surface area (Å²) in [6.45, 7) is 1.98. The Kier molecular flexibility index (Phi) is 1.43. The molecule has 0 amide bonds. The van der Waals surface area contributed by atoms with Gasteiger partial charge >= 0.3 is 0 Å². The highest BCUT2D eigenvalue weighted by atomic mass is 15.0. The highest BCUT2D eigenvalue weighted by molar-refractivity contribution is 5.93. The maximum Gasteiger partial charge on any atom is 0.160 e. The van der Waals surface area contributed by atoms with Gasteiger partial charge in [0.25, 0.3) is 0 Å². The minimum absolute atomic E-state index is 0.642. The molecular formula is C9H9N3. The number of hydrogen-bond acceptors (Lipinski definition) is 2. The first-order chi connectivity index (χ1) is 5.83. The first kappa shape index (κ1) is 7.03. The molecule has 0 aliphatic carbocycles. The normalized spacial score (nSPS) is 10.4. The molecule has 0 unspecified atom stereocenters. The van der Waals surface area contributed by atoms with Gasteiger partial charge in [0.05, 0.1) is 0 Å². The van der Waals surface area contributed by atoms with Crippen LogP contribution in [0.15, 0.2) is 29.4 Å². The summed E-state index contributed by atoms with van der Waals surface area (Å²) in [5.74, 6) is 0.642. The lowest BCUT2D eigenvalue weighted by Gasteiger charge is -1.87. The number of rotatable bonds is 1. The number of hydrogen-bond donors (Lipinski definition) is 2. The van der Waals surface area contributed by atoms with Crippen molar-refractivity contribution in [2.45, 2.75) is 6.92 Å². The summed E-state index contributed by atoms with van der Waals surface area (Å²) < 4.78 is 0. The minimum Gasteiger partial charge on any atom is -0.341 e. The zero-order chi connectivity index (χ0) is 8.55. The molecule has 0 atom stereocenters. The summed E-state index contributed by atoms with van der Waals surface area (Å²) in [5, 5.41) is 5.57. The van der Waals surface area contributed by atoms with E-state index in [0.29, 0.717) is 5.82 Å². The third kappa shape index (κ3) is 0.830. The van der Waals surface area contributed by atoms with Gasteiger partial charge in [-0.1, -0.05) is 24.3 Å². The van der Waals surface area contributed by atoms with Crippen molar-refractivity contribution in [1.82, 2.24) is 4.98 Å². The van der Waals surface area contributed by atoms with Gasteiger partial charge in [0.15, 0.2) is 5.82 Å². The van der Waals surface area contributed by atoms with Crippen LogP contribution in [0.25, 0.3) is 10.8 Å². The Labute approximate surface area is 69.9 Å². The molecule has 2 N–H and O–H groups in total. The van der Waals surface area contributed by atoms with E-state index in [1.807, 2.05) is 31.2 Å². The van der Waals surface area contributed by atoms with Gasteiger partial charge in [-0.25, -0.2) is 5.53 Å². The van der Waals surface area contributed by atoms with Crippen LogP contribution in [0.1, 0.15) is 5.69 Å². The van der Waals surface area contributed by atoms with Gasteiger partial charge in [-0.3, -0.25) is 0 Å². The van der Waals surface area contributed by atoms with E-state index in [0.717, 1.165) is 16.5 Å². The molecule has 0 radical (unpaired) electrons. The van der Waals surface area contributed by atoms with Crippen LogP contribution < -0.4 is 0 Å². The first-order valence-corrected chi connectivity index (χ1v) is 3.77. The molecule has 0 fully saturated rings. The van der Waals surface area contributed by atoms with Crippen molar-refractivity contribution in [2.24, 2.45) is 5.11 Å². The summed E-state index contributed by atoms with van der Waals surface area (Å²) in [7, 11) is 0. The Morgan fingerprint density at radius 1 is 1.25 bits per heavy atom. The predicted molar refractivity (Wildman–Crippen MR) is 47.8 cm³/mol. The van der Waals surface area contributed by atoms with E-state index in [9.17, 15) is 0 Å². The summed E-state index contributed by atoms with van der Waals surface area (Å²) in [6, 6.07) is 7.92. The van der Waals surface area contributed by atoms with Crippen LogP contribution in [0.4, 0.5) is 5.82 Å². The van der Waals surface area contributed by atoms with Gasteiger partial charge in [0.2, 0.25) is 0 Å². The monoisotopic (exact) mass is 159 g/mol. The van der Waals surface area contributed by atoms with Gasteiger partial charge in [-0.15, -0.1) is 5.11 Å². The Hall–Kier alpha value is -1.64. The molecule has 0 saturated heterocycles. The number of benzene rings is 1. The molecule has 2 rings (SSSR count). The summed E-state index contributed by atoms with van der Waals surface area (Å²) in [5.41, 5.74) is 8.00. The third-order valence-electron chi connectivity index (χ3n) is 2.00. The molecule has 2 aromatic rings. The van der Waals surface area contributed by atoms with E-state index in [4.69, 9.17) is 5.53 Å². The van der Waals surface area contributed by atoms with Gasteiger partial charge < -0.3 is 4.98 Å². The smallest absolute Gasteiger partial charge is 0.160 e. The van der Waals surface area contributed by atoms with Crippen LogP contribution >= 0.6 is 0 Å². The Morgan fingerprint density at radius 3 is 2.58 bits per heavy atom. The highest BCUT2D eigenvalue weighted by Gasteiger charge is 2.04. The lowest BCUT2D eigenvalue weighted by Crippen LogP contribution is -1.67. The second kappa shape index (κ2) is 2.44. The summed E-state index contributed by atoms with van der Waals surface area (Å²) in [4.78, 5) is 3.05. The third-order valence-corrected chi connectivity index (χ3v) is 2.00. The number of aromatic amines is 1. The molecule has 1 heterocycles. The van der Waals surface area contributed by atoms with Crippen LogP contribution in [0, 0.1) is 12.5 Å². The van der Waals surface area contributed by atoms with Crippen LogP contribution in [-0.2, 0) is 0 Å². The highest BCUT2D eigenvalue weighted by Crippen LogP contribution is 2.27. The molecule has 0 aliphatic rings. The van der Waals surface area contributed by atoms with Crippen molar-refractivity contribution in [2.75, 3.05) is 0 Å². The molecule has 0 bridgehead atoms. The largest absolute Gasteiger partial charge is 0.341 e. The Morgan fingerprint density at radius 2 is 1.92 bits per heavy atom. The van der Waals surface area contributed by atoms with Crippen molar-refractivity contribution in [3.8, 4) is 0 Å². The maximum absolute atomic E-state index is 6.93. The maximum atomic E-state index is 6.93. The van der Waals surface area contributed by atoms with Crippen molar-refractivity contribution in [3.05, 3.63) is 30.0 Å². The SMILES string of the molecule is Cc1[nH]c(N=N)c2ccccc12. The van der Waals surface area contributed by atoms with E-state index in [-0.39, 0.29) is 0 Å². The molecule has 3 heteroatoms. The lowest BCUT2D eigenvalue weighted by atomic mass is 10.2. The van der Waals surface area contributed by atoms with Gasteiger partial charge in [-0.2, -0.15) is 0 Å². The van der Waals surface area contributed by atoms with Crippen molar-refractivity contribution >= 4 is 16.6 Å². The molecular weight excluding hydrogens is 150 g/mol. The molecule has 3 nitrogen and oxygen atoms in total. The zero-order valence-corrected chi connectivity index (χ0v) is 6.76. The van der Waals surface area contributed by atoms with Crippen LogP contribution in [0.2, 0.25) is 0 Å². The molecule has 12 heavy (non-hydrogen) atoms. The fourth-order valence-electron chi connectivity index (χ4n) is 1.42. The van der Waals surface area contributed by atoms with Crippen LogP contribution in [0.5, 0.6) is 0 Å². The van der Waals surface area contributed by atoms with Gasteiger partial charge in [0, 0.05) is 16.5 Å². The standard InChI is InChI=1S/C9H9N3/c1-6-7-4-2-3-5-8(7)9(11-6)12-10/h2-5,10-11H,1H3. The van der Waals surface area contributed by atoms with Gasteiger partial charge in [0.1, 0.15) is 0 Å². The number of H-pyrrole nitrogens is 1. The molecule has 0 spiro atoms. The average molecular weight is 159 g/mol. The Bertz CT molecular complexity index is 428. The van der Waals surface area contributed by atoms with E-state index in [1.54, 1.807) is 0 Å². The number of aryl methyl sites for hydroxylation is 1. The number of fused-ring (bicyclic) bond motifs is 1. The lowest BCUT2D eigenvalue weighted by molar-refractivity contribution is 1.10. The van der Waals surface area contributed by atoms with Crippen LogP contribution in [0.3, 0.4) is 0 Å². The predicted octanol–water partition coefficient (Wildman–Crippen LogP) is 3.14. The molecule has 0 aliphatic heterocycles. The zero-order valence-electron chi connectivity index (χ0n) is 6.76. The van der Waals surface area contributed by atoms with E-state index >= 15 is 0 Å². The Balaban J connectivity index is 2.91. The van der Waals surface area contributed by atoms with Crippen molar-refractivity contribution in [1.29, 1.82) is 5.53 Å². The second-order valence-corrected chi connectivity index (χ2v) is 2.76. The minimum atomic E-state index is 0.642. The first-order valence-electron chi connectivity index (χ1n) is 3.77. The van der Waals surface area contributed by atoms with E-state index in [1.165, 1.54) is 0 Å². The molecule has 0 saturated carbocycles. The van der Waals surface area contributed by atoms with Gasteiger partial charge in [-0.05, 0) is 6.92 Å². The summed E-state index contributed by atoms with van der Waals surface area (Å²) in [6.07, 6.45) is 0. The fourth-order valence-corrected chi connectivity index (χ4v) is 1.42. The molecule has 1 aromatic heterocycles. The second-order valence-electron chi connectivity index (χ2n) is 2.76. The number of aromatic nitrogens is 1. The average Bonchev–Trinajstić information content (AvgIpc) is 2.44. The van der Waals surface area contributed by atoms with E-state index in [2.05, 4.69) is 10.1 Å². The van der Waals surface area contributed by atoms with E-state index < -0.39 is 0 Å². The van der Waals surface area contributed by atoms with Crippen LogP contribution in [-0.4, -0.2) is 4.98 Å². The number of nitrogens with one attached hydrogen (secondary N) is 2. The molecule has 1 aromatic carbocycles. The fraction of sp³-hybridized carbons (Fsp3) is 0.111. The number of nitrogens with zero attached hydrogens (tertiary/aromatic N) is 1. The summed E-state index contributed by atoms with van der Waals surface area (Å²) >= 11 is 0. The molecule has 60 valence electrons.